The summed E-state index contributed by atoms with van der Waals surface area (Å²) in [6.45, 7) is 0. The predicted molar refractivity (Wildman–Crippen MR) is 51.6 cm³/mol. The summed E-state index contributed by atoms with van der Waals surface area (Å²) in [4.78, 5) is 4.02. The van der Waals surface area contributed by atoms with Gasteiger partial charge in [-0.2, -0.15) is 0 Å². The number of anilines is 1. The van der Waals surface area contributed by atoms with Crippen molar-refractivity contribution in [1.29, 1.82) is 0 Å². The van der Waals surface area contributed by atoms with Crippen LogP contribution < -0.4 is 5.73 Å². The molecule has 0 fully saturated rings. The molecule has 0 aliphatic rings. The number of nitrogen functional groups attached to an aromatic ring is 1. The molecule has 1 heterocycles. The lowest BCUT2D eigenvalue weighted by Crippen LogP contribution is -1.91. The smallest absolute Gasteiger partial charge is 0.123 e. The molecule has 0 aliphatic carbocycles. The Kier molecular flexibility index (Phi) is 4.64. The molecule has 0 amide bonds. The van der Waals surface area contributed by atoms with E-state index in [0.717, 1.165) is 11.0 Å². The van der Waals surface area contributed by atoms with Crippen molar-refractivity contribution in [2.24, 2.45) is 0 Å². The molecule has 4 heteroatoms. The number of hydrogen-bond acceptors (Lipinski definition) is 2. The summed E-state index contributed by atoms with van der Waals surface area (Å²) < 4.78 is 0. The van der Waals surface area contributed by atoms with Gasteiger partial charge in [0.1, 0.15) is 5.82 Å². The molecule has 0 aromatic carbocycles. The van der Waals surface area contributed by atoms with Crippen LogP contribution in [0.3, 0.4) is 0 Å². The average molecular weight is 268 g/mol. The zero-order valence-corrected chi connectivity index (χ0v) is 8.55. The van der Waals surface area contributed by atoms with Crippen molar-refractivity contribution in [1.82, 2.24) is 4.98 Å². The van der Waals surface area contributed by atoms with Crippen LogP contribution in [0.1, 0.15) is 5.69 Å². The fraction of sp³-hybridized carbons (Fsp3) is 0.167. The van der Waals surface area contributed by atoms with E-state index >= 15 is 0 Å². The maximum absolute atomic E-state index is 5.40. The predicted octanol–water partition coefficient (Wildman–Crippen LogP) is 2.14. The van der Waals surface area contributed by atoms with Crippen molar-refractivity contribution in [2.45, 2.75) is 5.33 Å². The van der Waals surface area contributed by atoms with Gasteiger partial charge in [0, 0.05) is 5.33 Å². The molecule has 56 valence electrons. The monoisotopic (exact) mass is 266 g/mol. The molecule has 0 bridgehead atoms. The Balaban J connectivity index is 0.000000810. The Morgan fingerprint density at radius 2 is 2.20 bits per heavy atom. The van der Waals surface area contributed by atoms with Crippen molar-refractivity contribution in [3.05, 3.63) is 23.9 Å². The highest BCUT2D eigenvalue weighted by Crippen LogP contribution is 2.03. The summed E-state index contributed by atoms with van der Waals surface area (Å²) in [6.07, 6.45) is 0. The lowest BCUT2D eigenvalue weighted by Gasteiger charge is -1.93. The van der Waals surface area contributed by atoms with Gasteiger partial charge in [0.15, 0.2) is 0 Å². The third-order valence-electron chi connectivity index (χ3n) is 0.965. The van der Waals surface area contributed by atoms with Crippen LogP contribution >= 0.6 is 32.9 Å². The molecule has 0 spiro atoms. The molecule has 0 unspecified atom stereocenters. The van der Waals surface area contributed by atoms with E-state index < -0.39 is 0 Å². The summed E-state index contributed by atoms with van der Waals surface area (Å²) in [6, 6.07) is 5.58. The van der Waals surface area contributed by atoms with Gasteiger partial charge in [-0.1, -0.05) is 22.0 Å². The quantitative estimate of drug-likeness (QED) is 0.792. The highest BCUT2D eigenvalue weighted by molar-refractivity contribution is 9.08. The number of rotatable bonds is 1. The van der Waals surface area contributed by atoms with Crippen LogP contribution in [0.2, 0.25) is 0 Å². The summed E-state index contributed by atoms with van der Waals surface area (Å²) in [7, 11) is 0. The van der Waals surface area contributed by atoms with Crippen LogP contribution in [0.5, 0.6) is 0 Å². The molecule has 2 N–H and O–H groups in total. The molecule has 0 saturated carbocycles. The lowest BCUT2D eigenvalue weighted by atomic mass is 10.4. The molecular formula is C6H8Br2N2. The molecule has 10 heavy (non-hydrogen) atoms. The Morgan fingerprint density at radius 3 is 2.60 bits per heavy atom. The second-order valence-electron chi connectivity index (χ2n) is 1.69. The van der Waals surface area contributed by atoms with E-state index in [0.29, 0.717) is 5.82 Å². The number of pyridine rings is 1. The SMILES string of the molecule is Br.Nc1cccc(CBr)n1. The first kappa shape index (κ1) is 9.91. The minimum Gasteiger partial charge on any atom is -0.384 e. The van der Waals surface area contributed by atoms with Crippen LogP contribution in [0.25, 0.3) is 0 Å². The molecule has 0 atom stereocenters. The fourth-order valence-corrected chi connectivity index (χ4v) is 0.885. The van der Waals surface area contributed by atoms with E-state index in [1.807, 2.05) is 12.1 Å². The van der Waals surface area contributed by atoms with Gasteiger partial charge in [-0.05, 0) is 12.1 Å². The lowest BCUT2D eigenvalue weighted by molar-refractivity contribution is 1.19. The van der Waals surface area contributed by atoms with Crippen LogP contribution in [-0.4, -0.2) is 4.98 Å². The number of nitrogens with zero attached hydrogens (tertiary/aromatic N) is 1. The van der Waals surface area contributed by atoms with Crippen LogP contribution in [0, 0.1) is 0 Å². The zero-order chi connectivity index (χ0) is 6.69. The number of aromatic nitrogens is 1. The summed E-state index contributed by atoms with van der Waals surface area (Å²) in [5.41, 5.74) is 6.37. The van der Waals surface area contributed by atoms with Gasteiger partial charge < -0.3 is 5.73 Å². The Bertz CT molecular complexity index is 203. The largest absolute Gasteiger partial charge is 0.384 e. The topological polar surface area (TPSA) is 38.9 Å². The van der Waals surface area contributed by atoms with Crippen LogP contribution in [0.4, 0.5) is 5.82 Å². The van der Waals surface area contributed by atoms with E-state index in [-0.39, 0.29) is 17.0 Å². The zero-order valence-electron chi connectivity index (χ0n) is 5.25. The minimum atomic E-state index is 0. The van der Waals surface area contributed by atoms with Crippen molar-refractivity contribution < 1.29 is 0 Å². The van der Waals surface area contributed by atoms with E-state index in [1.165, 1.54) is 0 Å². The van der Waals surface area contributed by atoms with Crippen molar-refractivity contribution in [2.75, 3.05) is 5.73 Å². The third-order valence-corrected chi connectivity index (χ3v) is 1.54. The molecule has 0 radical (unpaired) electrons. The summed E-state index contributed by atoms with van der Waals surface area (Å²) >= 11 is 3.27. The second-order valence-corrected chi connectivity index (χ2v) is 2.25. The van der Waals surface area contributed by atoms with Gasteiger partial charge in [0.2, 0.25) is 0 Å². The van der Waals surface area contributed by atoms with Gasteiger partial charge in [0.25, 0.3) is 0 Å². The first-order valence-corrected chi connectivity index (χ1v) is 3.72. The van der Waals surface area contributed by atoms with Gasteiger partial charge in [0.05, 0.1) is 5.69 Å². The first-order chi connectivity index (χ1) is 4.33. The standard InChI is InChI=1S/C6H7BrN2.BrH/c7-4-5-2-1-3-6(8)9-5;/h1-3H,4H2,(H2,8,9);1H. The summed E-state index contributed by atoms with van der Waals surface area (Å²) in [5, 5.41) is 0.762. The number of alkyl halides is 1. The fourth-order valence-electron chi connectivity index (χ4n) is 0.573. The molecule has 1 aromatic rings. The van der Waals surface area contributed by atoms with E-state index in [9.17, 15) is 0 Å². The minimum absolute atomic E-state index is 0. The molecular weight excluding hydrogens is 260 g/mol. The molecule has 1 rings (SSSR count). The number of halogens is 2. The van der Waals surface area contributed by atoms with Gasteiger partial charge in [-0.25, -0.2) is 4.98 Å². The highest BCUT2D eigenvalue weighted by atomic mass is 79.9. The van der Waals surface area contributed by atoms with E-state index in [2.05, 4.69) is 20.9 Å². The van der Waals surface area contributed by atoms with Crippen LogP contribution in [-0.2, 0) is 5.33 Å². The van der Waals surface area contributed by atoms with Gasteiger partial charge >= 0.3 is 0 Å². The van der Waals surface area contributed by atoms with Crippen molar-refractivity contribution in [3.8, 4) is 0 Å². The second kappa shape index (κ2) is 4.68. The Labute approximate surface area is 78.7 Å². The number of nitrogens with two attached hydrogens (primary N) is 1. The van der Waals surface area contributed by atoms with E-state index in [4.69, 9.17) is 5.73 Å². The summed E-state index contributed by atoms with van der Waals surface area (Å²) in [5.74, 6) is 0.576. The van der Waals surface area contributed by atoms with Gasteiger partial charge in [-0.15, -0.1) is 17.0 Å². The number of hydrogen-bond donors (Lipinski definition) is 1. The normalized spacial score (nSPS) is 8.50. The Morgan fingerprint density at radius 1 is 1.50 bits per heavy atom. The molecule has 2 nitrogen and oxygen atoms in total. The Hall–Kier alpha value is -0.0900. The maximum Gasteiger partial charge on any atom is 0.123 e. The van der Waals surface area contributed by atoms with Gasteiger partial charge in [-0.3, -0.25) is 0 Å². The van der Waals surface area contributed by atoms with Crippen molar-refractivity contribution >= 4 is 38.7 Å². The van der Waals surface area contributed by atoms with Crippen LogP contribution in [0.15, 0.2) is 18.2 Å². The maximum atomic E-state index is 5.40. The first-order valence-electron chi connectivity index (χ1n) is 2.60. The molecule has 0 saturated heterocycles. The van der Waals surface area contributed by atoms with Crippen molar-refractivity contribution in [3.63, 3.8) is 0 Å². The third kappa shape index (κ3) is 2.66. The average Bonchev–Trinajstić information content (AvgIpc) is 1.88. The van der Waals surface area contributed by atoms with E-state index in [1.54, 1.807) is 6.07 Å². The highest BCUT2D eigenvalue weighted by Gasteiger charge is 1.88. The molecule has 0 aliphatic heterocycles. The molecule has 1 aromatic heterocycles.